The van der Waals surface area contributed by atoms with Crippen LogP contribution in [-0.4, -0.2) is 43.1 Å². The van der Waals surface area contributed by atoms with E-state index in [1.54, 1.807) is 0 Å². The minimum atomic E-state index is 0.574. The highest BCUT2D eigenvalue weighted by Crippen LogP contribution is 2.36. The minimum Gasteiger partial charge on any atom is -0.370 e. The van der Waals surface area contributed by atoms with Crippen LogP contribution in [0.25, 0.3) is 0 Å². The third kappa shape index (κ3) is 3.37. The number of piperidine rings is 1. The molecule has 0 aromatic carbocycles. The van der Waals surface area contributed by atoms with E-state index < -0.39 is 0 Å². The Balaban J connectivity index is 1.73. The van der Waals surface area contributed by atoms with Crippen molar-refractivity contribution in [3.63, 3.8) is 0 Å². The third-order valence-corrected chi connectivity index (χ3v) is 4.39. The summed E-state index contributed by atoms with van der Waals surface area (Å²) in [6.07, 6.45) is 5.40. The lowest BCUT2D eigenvalue weighted by molar-refractivity contribution is 0.135. The Hall–Kier alpha value is -0.770. The van der Waals surface area contributed by atoms with Crippen LogP contribution in [0.4, 0.5) is 0 Å². The molecule has 0 aromatic rings. The molecule has 18 heavy (non-hydrogen) atoms. The Morgan fingerprint density at radius 2 is 1.94 bits per heavy atom. The quantitative estimate of drug-likeness (QED) is 0.588. The second-order valence-electron chi connectivity index (χ2n) is 6.39. The van der Waals surface area contributed by atoms with Gasteiger partial charge in [0.05, 0.1) is 0 Å². The van der Waals surface area contributed by atoms with Crippen molar-refractivity contribution < 1.29 is 0 Å². The number of rotatable bonds is 4. The van der Waals surface area contributed by atoms with Gasteiger partial charge in [-0.2, -0.15) is 0 Å². The van der Waals surface area contributed by atoms with E-state index in [1.165, 1.54) is 25.7 Å². The van der Waals surface area contributed by atoms with Crippen LogP contribution >= 0.6 is 0 Å². The van der Waals surface area contributed by atoms with E-state index in [9.17, 15) is 0 Å². The van der Waals surface area contributed by atoms with Crippen LogP contribution in [-0.2, 0) is 0 Å². The van der Waals surface area contributed by atoms with Crippen molar-refractivity contribution in [3.05, 3.63) is 0 Å². The van der Waals surface area contributed by atoms with Gasteiger partial charge in [0.2, 0.25) is 0 Å². The Kier molecular flexibility index (Phi) is 4.49. The molecule has 3 N–H and O–H groups in total. The zero-order valence-electron chi connectivity index (χ0n) is 12.0. The first-order valence-electron chi connectivity index (χ1n) is 7.32. The van der Waals surface area contributed by atoms with Gasteiger partial charge >= 0.3 is 0 Å². The van der Waals surface area contributed by atoms with Crippen LogP contribution in [0.2, 0.25) is 0 Å². The average Bonchev–Trinajstić information content (AvgIpc) is 2.55. The van der Waals surface area contributed by atoms with Gasteiger partial charge in [-0.05, 0) is 44.6 Å². The number of nitrogens with two attached hydrogens (primary N) is 1. The lowest BCUT2D eigenvalue weighted by Gasteiger charge is -2.36. The summed E-state index contributed by atoms with van der Waals surface area (Å²) in [7, 11) is 2.28. The van der Waals surface area contributed by atoms with Gasteiger partial charge in [0.1, 0.15) is 0 Å². The fourth-order valence-corrected chi connectivity index (χ4v) is 3.28. The largest absolute Gasteiger partial charge is 0.370 e. The molecule has 4 heteroatoms. The van der Waals surface area contributed by atoms with Crippen LogP contribution in [0.1, 0.15) is 39.5 Å². The van der Waals surface area contributed by atoms with Crippen molar-refractivity contribution >= 4 is 5.96 Å². The van der Waals surface area contributed by atoms with Crippen molar-refractivity contribution in [3.8, 4) is 0 Å². The zero-order chi connectivity index (χ0) is 13.1. The lowest BCUT2D eigenvalue weighted by atomic mass is 9.91. The Bertz CT molecular complexity index is 286. The van der Waals surface area contributed by atoms with Gasteiger partial charge in [-0.15, -0.1) is 0 Å². The molecule has 0 radical (unpaired) electrons. The van der Waals surface area contributed by atoms with Crippen LogP contribution in [0, 0.1) is 11.8 Å². The molecular weight excluding hydrogens is 224 g/mol. The van der Waals surface area contributed by atoms with E-state index in [0.717, 1.165) is 31.1 Å². The number of fused-ring (bicyclic) bond motifs is 2. The van der Waals surface area contributed by atoms with Crippen molar-refractivity contribution in [1.82, 2.24) is 10.2 Å². The summed E-state index contributed by atoms with van der Waals surface area (Å²) in [6.45, 7) is 6.13. The molecule has 0 aromatic heterocycles. The molecule has 2 fully saturated rings. The molecule has 2 unspecified atom stereocenters. The van der Waals surface area contributed by atoms with Gasteiger partial charge in [0, 0.05) is 25.2 Å². The van der Waals surface area contributed by atoms with E-state index in [4.69, 9.17) is 5.73 Å². The molecule has 2 heterocycles. The topological polar surface area (TPSA) is 53.6 Å². The molecule has 2 rings (SSSR count). The van der Waals surface area contributed by atoms with Crippen molar-refractivity contribution in [1.29, 1.82) is 0 Å². The van der Waals surface area contributed by atoms with Crippen molar-refractivity contribution in [2.45, 2.75) is 51.6 Å². The molecule has 2 saturated heterocycles. The summed E-state index contributed by atoms with van der Waals surface area (Å²) in [5.41, 5.74) is 5.88. The highest BCUT2D eigenvalue weighted by molar-refractivity contribution is 5.77. The number of hydrogen-bond donors (Lipinski definition) is 2. The van der Waals surface area contributed by atoms with Crippen molar-refractivity contribution in [2.75, 3.05) is 20.1 Å². The first-order chi connectivity index (χ1) is 8.56. The van der Waals surface area contributed by atoms with Gasteiger partial charge in [0.25, 0.3) is 0 Å². The number of hydrogen-bond acceptors (Lipinski definition) is 2. The maximum absolute atomic E-state index is 5.88. The Morgan fingerprint density at radius 1 is 1.33 bits per heavy atom. The Labute approximate surface area is 111 Å². The van der Waals surface area contributed by atoms with Gasteiger partial charge in [-0.25, -0.2) is 0 Å². The summed E-state index contributed by atoms with van der Waals surface area (Å²) < 4.78 is 0. The van der Waals surface area contributed by atoms with E-state index in [-0.39, 0.29) is 0 Å². The minimum absolute atomic E-state index is 0.574. The van der Waals surface area contributed by atoms with E-state index in [0.29, 0.717) is 11.9 Å². The highest BCUT2D eigenvalue weighted by Gasteiger charge is 2.38. The molecule has 104 valence electrons. The normalized spacial score (nSPS) is 33.1. The summed E-state index contributed by atoms with van der Waals surface area (Å²) in [4.78, 5) is 6.93. The van der Waals surface area contributed by atoms with Gasteiger partial charge in [0.15, 0.2) is 5.96 Å². The maximum Gasteiger partial charge on any atom is 0.188 e. The number of guanidine groups is 1. The molecule has 0 aliphatic carbocycles. The summed E-state index contributed by atoms with van der Waals surface area (Å²) in [5.74, 6) is 1.96. The van der Waals surface area contributed by atoms with Gasteiger partial charge in [-0.3, -0.25) is 4.99 Å². The second kappa shape index (κ2) is 5.91. The molecule has 2 atom stereocenters. The predicted octanol–water partition coefficient (Wildman–Crippen LogP) is 1.42. The highest BCUT2D eigenvalue weighted by atomic mass is 15.2. The summed E-state index contributed by atoms with van der Waals surface area (Å²) in [6, 6.07) is 1.62. The van der Waals surface area contributed by atoms with E-state index in [2.05, 4.69) is 36.1 Å². The Morgan fingerprint density at radius 3 is 2.50 bits per heavy atom. The summed E-state index contributed by atoms with van der Waals surface area (Å²) in [5, 5.41) is 3.30. The van der Waals surface area contributed by atoms with Crippen LogP contribution in [0.3, 0.4) is 0 Å². The molecule has 2 aliphatic rings. The number of nitrogens with one attached hydrogen (secondary N) is 1. The lowest BCUT2D eigenvalue weighted by Crippen LogP contribution is -2.44. The predicted molar refractivity (Wildman–Crippen MR) is 76.6 cm³/mol. The first kappa shape index (κ1) is 13.7. The number of nitrogens with zero attached hydrogens (tertiary/aromatic N) is 2. The summed E-state index contributed by atoms with van der Waals surface area (Å²) >= 11 is 0. The van der Waals surface area contributed by atoms with E-state index >= 15 is 0 Å². The average molecular weight is 252 g/mol. The van der Waals surface area contributed by atoms with Crippen molar-refractivity contribution in [2.24, 2.45) is 22.6 Å². The van der Waals surface area contributed by atoms with Crippen LogP contribution in [0.5, 0.6) is 0 Å². The molecular formula is C14H28N4. The molecule has 0 amide bonds. The fraction of sp³-hybridized carbons (Fsp3) is 0.929. The molecule has 4 nitrogen and oxygen atoms in total. The van der Waals surface area contributed by atoms with E-state index in [1.807, 2.05) is 0 Å². The zero-order valence-corrected chi connectivity index (χ0v) is 12.0. The maximum atomic E-state index is 5.88. The van der Waals surface area contributed by atoms with Crippen LogP contribution < -0.4 is 11.1 Å². The third-order valence-electron chi connectivity index (χ3n) is 4.39. The van der Waals surface area contributed by atoms with Crippen LogP contribution in [0.15, 0.2) is 4.99 Å². The fourth-order valence-electron chi connectivity index (χ4n) is 3.28. The van der Waals surface area contributed by atoms with Gasteiger partial charge < -0.3 is 16.0 Å². The standard InChI is InChI=1S/C14H28N4/c1-10(2)8-16-14(15)17-9-11-6-12-4-5-13(7-11)18(12)3/h10-13H,4-9H2,1-3H3,(H3,15,16,17). The SMILES string of the molecule is CC(C)CN=C(N)NCC1CC2CCC(C1)N2C. The molecule has 0 spiro atoms. The molecule has 2 aliphatic heterocycles. The smallest absolute Gasteiger partial charge is 0.188 e. The first-order valence-corrected chi connectivity index (χ1v) is 7.32. The molecule has 0 saturated carbocycles. The monoisotopic (exact) mass is 252 g/mol. The molecule has 2 bridgehead atoms. The number of aliphatic imine (C=N–C) groups is 1. The second-order valence-corrected chi connectivity index (χ2v) is 6.39. The van der Waals surface area contributed by atoms with Gasteiger partial charge in [-0.1, -0.05) is 13.8 Å².